The molecule has 2 aliphatic rings. The van der Waals surface area contributed by atoms with Crippen LogP contribution >= 0.6 is 0 Å². The number of rotatable bonds is 5. The van der Waals surface area contributed by atoms with Gasteiger partial charge in [0.2, 0.25) is 0 Å². The summed E-state index contributed by atoms with van der Waals surface area (Å²) in [5.74, 6) is -1.18. The molecule has 0 aromatic carbocycles. The fraction of sp³-hybridized carbons (Fsp3) is 0.647. The van der Waals surface area contributed by atoms with Crippen molar-refractivity contribution in [2.45, 2.75) is 137 Å². The fourth-order valence-corrected chi connectivity index (χ4v) is 5.28. The zero-order chi connectivity index (χ0) is 32.5. The zero-order valence-corrected chi connectivity index (χ0v) is 27.2. The van der Waals surface area contributed by atoms with Gasteiger partial charge in [-0.15, -0.1) is 0 Å². The third-order valence-electron chi connectivity index (χ3n) is 7.98. The number of aliphatic hydroxyl groups is 3. The van der Waals surface area contributed by atoms with E-state index in [2.05, 4.69) is 0 Å². The van der Waals surface area contributed by atoms with Gasteiger partial charge >= 0.3 is 11.9 Å². The lowest BCUT2D eigenvalue weighted by Gasteiger charge is -2.47. The SMILES string of the molecule is CCC1CC=C(C)C=C(C)C(OC2OC(C)(C)C(OC(C)=O)C(O)C2O)C(CC)C=C(C)C(O)CC=CC=C(C)C(=O)O1. The van der Waals surface area contributed by atoms with Gasteiger partial charge in [-0.05, 0) is 72.0 Å². The molecule has 0 bridgehead atoms. The standard InChI is InChI=1S/C34H52O9/c1-10-25-19-22(5)27(36)15-13-12-14-21(4)32(39)41-26(11-2)17-16-20(3)18-23(6)30(25)42-33-29(38)28(37)31(40-24(7)35)34(8,9)43-33/h12-14,16,18-19,25-31,33,36-38H,10-11,15,17H2,1-9H3. The van der Waals surface area contributed by atoms with Crippen LogP contribution in [-0.4, -0.2) is 75.8 Å². The highest BCUT2D eigenvalue weighted by molar-refractivity contribution is 5.88. The molecule has 0 aliphatic carbocycles. The Kier molecular flexibility index (Phi) is 14.1. The average molecular weight is 605 g/mol. The lowest BCUT2D eigenvalue weighted by Crippen LogP contribution is -2.64. The van der Waals surface area contributed by atoms with Crippen LogP contribution in [0.15, 0.2) is 58.7 Å². The Balaban J connectivity index is 2.53. The third kappa shape index (κ3) is 10.5. The van der Waals surface area contributed by atoms with Gasteiger partial charge < -0.3 is 34.3 Å². The summed E-state index contributed by atoms with van der Waals surface area (Å²) in [4.78, 5) is 24.3. The predicted molar refractivity (Wildman–Crippen MR) is 165 cm³/mol. The fourth-order valence-electron chi connectivity index (χ4n) is 5.28. The molecule has 1 saturated heterocycles. The molecule has 0 spiro atoms. The van der Waals surface area contributed by atoms with E-state index >= 15 is 0 Å². The summed E-state index contributed by atoms with van der Waals surface area (Å²) in [6, 6.07) is 0. The van der Waals surface area contributed by atoms with Crippen LogP contribution in [0.3, 0.4) is 0 Å². The molecule has 9 heteroatoms. The maximum Gasteiger partial charge on any atom is 0.333 e. The van der Waals surface area contributed by atoms with E-state index in [-0.39, 0.29) is 18.0 Å². The summed E-state index contributed by atoms with van der Waals surface area (Å²) in [5, 5.41) is 32.8. The van der Waals surface area contributed by atoms with E-state index in [4.69, 9.17) is 18.9 Å². The second-order valence-corrected chi connectivity index (χ2v) is 12.2. The second-order valence-electron chi connectivity index (χ2n) is 12.2. The molecule has 2 rings (SSSR count). The Morgan fingerprint density at radius 2 is 1.70 bits per heavy atom. The van der Waals surface area contributed by atoms with Crippen molar-refractivity contribution in [2.75, 3.05) is 0 Å². The summed E-state index contributed by atoms with van der Waals surface area (Å²) >= 11 is 0. The quantitative estimate of drug-likeness (QED) is 0.293. The number of hydrogen-bond acceptors (Lipinski definition) is 9. The first-order chi connectivity index (χ1) is 20.1. The van der Waals surface area contributed by atoms with Gasteiger partial charge in [-0.25, -0.2) is 4.79 Å². The van der Waals surface area contributed by atoms with Crippen molar-refractivity contribution >= 4 is 11.9 Å². The van der Waals surface area contributed by atoms with Crippen LogP contribution in [-0.2, 0) is 28.5 Å². The highest BCUT2D eigenvalue weighted by Gasteiger charge is 2.52. The number of carbonyl (C=O) groups excluding carboxylic acids is 2. The molecule has 2 aliphatic heterocycles. The monoisotopic (exact) mass is 604 g/mol. The van der Waals surface area contributed by atoms with E-state index in [1.165, 1.54) is 6.92 Å². The molecule has 0 saturated carbocycles. The van der Waals surface area contributed by atoms with Crippen molar-refractivity contribution in [1.82, 2.24) is 0 Å². The lowest BCUT2D eigenvalue weighted by atomic mass is 9.88. The first kappa shape index (κ1) is 36.6. The Morgan fingerprint density at radius 3 is 2.30 bits per heavy atom. The van der Waals surface area contributed by atoms with E-state index in [1.807, 2.05) is 52.8 Å². The Labute approximate surface area is 256 Å². The molecule has 9 nitrogen and oxygen atoms in total. The van der Waals surface area contributed by atoms with E-state index in [1.54, 1.807) is 39.0 Å². The van der Waals surface area contributed by atoms with Crippen molar-refractivity contribution in [2.24, 2.45) is 5.92 Å². The minimum atomic E-state index is -1.48. The van der Waals surface area contributed by atoms with Crippen molar-refractivity contribution in [3.05, 3.63) is 58.7 Å². The highest BCUT2D eigenvalue weighted by Crippen LogP contribution is 2.35. The second kappa shape index (κ2) is 16.5. The lowest BCUT2D eigenvalue weighted by molar-refractivity contribution is -0.333. The molecule has 1 fully saturated rings. The number of cyclic esters (lactones) is 1. The van der Waals surface area contributed by atoms with Gasteiger partial charge in [-0.3, -0.25) is 4.79 Å². The first-order valence-electron chi connectivity index (χ1n) is 15.2. The van der Waals surface area contributed by atoms with Crippen LogP contribution in [0.5, 0.6) is 0 Å². The summed E-state index contributed by atoms with van der Waals surface area (Å²) in [6.45, 7) is 16.0. The van der Waals surface area contributed by atoms with Crippen molar-refractivity contribution in [3.8, 4) is 0 Å². The molecular formula is C34H52O9. The predicted octanol–water partition coefficient (Wildman–Crippen LogP) is 5.00. The van der Waals surface area contributed by atoms with E-state index in [9.17, 15) is 24.9 Å². The van der Waals surface area contributed by atoms with Gasteiger partial charge in [-0.1, -0.05) is 55.9 Å². The molecule has 0 amide bonds. The van der Waals surface area contributed by atoms with E-state index in [0.29, 0.717) is 31.3 Å². The molecule has 8 unspecified atom stereocenters. The number of ether oxygens (including phenoxy) is 4. The van der Waals surface area contributed by atoms with Crippen LogP contribution in [0.2, 0.25) is 0 Å². The van der Waals surface area contributed by atoms with Crippen LogP contribution in [0.1, 0.15) is 88.0 Å². The Bertz CT molecular complexity index is 1110. The van der Waals surface area contributed by atoms with Gasteiger partial charge in [0.15, 0.2) is 12.4 Å². The Hall–Kier alpha value is -2.56. The molecule has 8 atom stereocenters. The van der Waals surface area contributed by atoms with Crippen LogP contribution in [0.4, 0.5) is 0 Å². The normalized spacial score (nSPS) is 33.2. The average Bonchev–Trinajstić information content (AvgIpc) is 2.94. The Morgan fingerprint density at radius 1 is 1.02 bits per heavy atom. The maximum atomic E-state index is 12.6. The summed E-state index contributed by atoms with van der Waals surface area (Å²) in [6.07, 6.45) is 6.55. The number of allylic oxidation sites excluding steroid dienone is 4. The van der Waals surface area contributed by atoms with Crippen LogP contribution in [0.25, 0.3) is 0 Å². The topological polar surface area (TPSA) is 132 Å². The largest absolute Gasteiger partial charge is 0.459 e. The number of hydrogen-bond donors (Lipinski definition) is 3. The summed E-state index contributed by atoms with van der Waals surface area (Å²) in [7, 11) is 0. The van der Waals surface area contributed by atoms with Gasteiger partial charge in [0.25, 0.3) is 0 Å². The van der Waals surface area contributed by atoms with Crippen molar-refractivity contribution < 1.29 is 43.9 Å². The van der Waals surface area contributed by atoms with E-state index < -0.39 is 48.4 Å². The first-order valence-corrected chi connectivity index (χ1v) is 15.2. The van der Waals surface area contributed by atoms with Gasteiger partial charge in [0, 0.05) is 24.8 Å². The molecule has 3 N–H and O–H groups in total. The van der Waals surface area contributed by atoms with Crippen LogP contribution < -0.4 is 0 Å². The minimum Gasteiger partial charge on any atom is -0.459 e. The minimum absolute atomic E-state index is 0.213. The zero-order valence-electron chi connectivity index (χ0n) is 27.2. The smallest absolute Gasteiger partial charge is 0.333 e. The van der Waals surface area contributed by atoms with Crippen molar-refractivity contribution in [3.63, 3.8) is 0 Å². The molecule has 2 heterocycles. The van der Waals surface area contributed by atoms with Gasteiger partial charge in [0.1, 0.15) is 23.9 Å². The number of carbonyl (C=O) groups is 2. The van der Waals surface area contributed by atoms with Gasteiger partial charge in [0.05, 0.1) is 12.2 Å². The molecule has 0 aromatic heterocycles. The van der Waals surface area contributed by atoms with Gasteiger partial charge in [-0.2, -0.15) is 0 Å². The van der Waals surface area contributed by atoms with Crippen molar-refractivity contribution in [1.29, 1.82) is 0 Å². The van der Waals surface area contributed by atoms with E-state index in [0.717, 1.165) is 16.7 Å². The van der Waals surface area contributed by atoms with Crippen LogP contribution in [0, 0.1) is 5.92 Å². The molecule has 242 valence electrons. The molecular weight excluding hydrogens is 552 g/mol. The molecule has 43 heavy (non-hydrogen) atoms. The molecule has 0 radical (unpaired) electrons. The number of esters is 2. The summed E-state index contributed by atoms with van der Waals surface area (Å²) in [5.41, 5.74) is 1.87. The summed E-state index contributed by atoms with van der Waals surface area (Å²) < 4.78 is 23.6. The molecule has 0 aromatic rings. The highest BCUT2D eigenvalue weighted by atomic mass is 16.7. The number of aliphatic hydroxyl groups excluding tert-OH is 3. The maximum absolute atomic E-state index is 12.6. The third-order valence-corrected chi connectivity index (χ3v) is 7.98.